The average Bonchev–Trinajstić information content (AvgIpc) is 3.46. The van der Waals surface area contributed by atoms with Crippen LogP contribution in [0, 0.1) is 0 Å². The number of rotatable bonds is 7. The molecule has 7 nitrogen and oxygen atoms in total. The van der Waals surface area contributed by atoms with Crippen molar-refractivity contribution in [1.29, 1.82) is 0 Å². The van der Waals surface area contributed by atoms with Crippen LogP contribution in [0.15, 0.2) is 78.9 Å². The van der Waals surface area contributed by atoms with E-state index < -0.39 is 6.04 Å². The molecule has 40 heavy (non-hydrogen) atoms. The van der Waals surface area contributed by atoms with Gasteiger partial charge in [0.25, 0.3) is 5.91 Å². The highest BCUT2D eigenvalue weighted by molar-refractivity contribution is 5.97. The molecule has 0 spiro atoms. The summed E-state index contributed by atoms with van der Waals surface area (Å²) in [4.78, 5) is 32.6. The minimum atomic E-state index is -0.540. The summed E-state index contributed by atoms with van der Waals surface area (Å²) in [6.07, 6.45) is 1.40. The summed E-state index contributed by atoms with van der Waals surface area (Å²) in [5.74, 6) is -0.300. The summed E-state index contributed by atoms with van der Waals surface area (Å²) in [6, 6.07) is 25.6. The van der Waals surface area contributed by atoms with E-state index in [1.807, 2.05) is 42.5 Å². The number of carbonyl (C=O) groups is 2. The summed E-state index contributed by atoms with van der Waals surface area (Å²) >= 11 is 0. The topological polar surface area (TPSA) is 73.3 Å². The number of phenolic OH excluding ortho intramolecular Hbond substituents is 1. The number of ether oxygens (including phenoxy) is 1. The Bertz CT molecular complexity index is 1330. The van der Waals surface area contributed by atoms with Crippen LogP contribution < -0.4 is 0 Å². The van der Waals surface area contributed by atoms with E-state index in [9.17, 15) is 14.7 Å². The first-order chi connectivity index (χ1) is 19.4. The highest BCUT2D eigenvalue weighted by Gasteiger charge is 2.37. The van der Waals surface area contributed by atoms with Gasteiger partial charge in [-0.05, 0) is 67.6 Å². The van der Waals surface area contributed by atoms with Gasteiger partial charge in [0.1, 0.15) is 11.8 Å². The predicted molar refractivity (Wildman–Crippen MR) is 155 cm³/mol. The van der Waals surface area contributed by atoms with Crippen LogP contribution in [-0.2, 0) is 16.1 Å². The van der Waals surface area contributed by atoms with E-state index >= 15 is 0 Å². The van der Waals surface area contributed by atoms with Gasteiger partial charge >= 0.3 is 5.97 Å². The van der Waals surface area contributed by atoms with Crippen LogP contribution in [-0.4, -0.2) is 76.6 Å². The third kappa shape index (κ3) is 5.91. The summed E-state index contributed by atoms with van der Waals surface area (Å²) in [5.41, 5.74) is 3.83. The Kier molecular flexibility index (Phi) is 8.52. The predicted octanol–water partition coefficient (Wildman–Crippen LogP) is 4.85. The largest absolute Gasteiger partial charge is 0.508 e. The second kappa shape index (κ2) is 12.2. The molecular weight excluding hydrogens is 502 g/mol. The zero-order chi connectivity index (χ0) is 28.2. The Morgan fingerprint density at radius 1 is 0.925 bits per heavy atom. The SMILES string of the molecule is COC(=O)[C@@H]1CCCN1C(=O)c1cccc(C(c2cccc(O)c2)N2C[C@@H](C)N(Cc3ccccc3)C[C@@H]2C)c1. The van der Waals surface area contributed by atoms with Crippen molar-refractivity contribution in [3.8, 4) is 5.75 Å². The summed E-state index contributed by atoms with van der Waals surface area (Å²) in [6.45, 7) is 7.69. The number of benzene rings is 3. The van der Waals surface area contributed by atoms with Crippen molar-refractivity contribution in [1.82, 2.24) is 14.7 Å². The van der Waals surface area contributed by atoms with Crippen LogP contribution in [0.2, 0.25) is 0 Å². The second-order valence-corrected chi connectivity index (χ2v) is 11.1. The number of likely N-dealkylation sites (tertiary alicyclic amines) is 1. The van der Waals surface area contributed by atoms with Crippen molar-refractivity contribution in [3.05, 3.63) is 101 Å². The average molecular weight is 542 g/mol. The quantitative estimate of drug-likeness (QED) is 0.431. The third-order valence-electron chi connectivity index (χ3n) is 8.35. The Balaban J connectivity index is 1.45. The zero-order valence-corrected chi connectivity index (χ0v) is 23.6. The molecule has 3 aromatic carbocycles. The molecule has 5 rings (SSSR count). The lowest BCUT2D eigenvalue weighted by Crippen LogP contribution is -2.56. The van der Waals surface area contributed by atoms with Gasteiger partial charge in [0.15, 0.2) is 0 Å². The minimum Gasteiger partial charge on any atom is -0.508 e. The van der Waals surface area contributed by atoms with Gasteiger partial charge in [-0.2, -0.15) is 0 Å². The molecule has 0 bridgehead atoms. The number of esters is 1. The fourth-order valence-electron chi connectivity index (χ4n) is 6.29. The number of amides is 1. The first kappa shape index (κ1) is 27.9. The van der Waals surface area contributed by atoms with Gasteiger partial charge in [-0.1, -0.05) is 54.6 Å². The molecule has 2 saturated heterocycles. The molecule has 0 saturated carbocycles. The van der Waals surface area contributed by atoms with Gasteiger partial charge in [-0.25, -0.2) is 4.79 Å². The molecular formula is C33H39N3O4. The Labute approximate surface area is 237 Å². The van der Waals surface area contributed by atoms with Crippen LogP contribution in [0.1, 0.15) is 59.8 Å². The number of carbonyl (C=O) groups excluding carboxylic acids is 2. The van der Waals surface area contributed by atoms with Crippen LogP contribution in [0.5, 0.6) is 5.75 Å². The number of piperazine rings is 1. The number of methoxy groups -OCH3 is 1. The lowest BCUT2D eigenvalue weighted by Gasteiger charge is -2.47. The molecule has 4 atom stereocenters. The van der Waals surface area contributed by atoms with Crippen molar-refractivity contribution in [3.63, 3.8) is 0 Å². The highest BCUT2D eigenvalue weighted by atomic mass is 16.5. The van der Waals surface area contributed by atoms with E-state index in [2.05, 4.69) is 54.0 Å². The molecule has 3 aromatic rings. The van der Waals surface area contributed by atoms with E-state index in [-0.39, 0.29) is 29.7 Å². The lowest BCUT2D eigenvalue weighted by molar-refractivity contribution is -0.145. The zero-order valence-electron chi connectivity index (χ0n) is 23.6. The van der Waals surface area contributed by atoms with E-state index in [1.165, 1.54) is 12.7 Å². The normalized spacial score (nSPS) is 22.7. The molecule has 0 aromatic heterocycles. The smallest absolute Gasteiger partial charge is 0.328 e. The Morgan fingerprint density at radius 2 is 1.65 bits per heavy atom. The Morgan fingerprint density at radius 3 is 2.38 bits per heavy atom. The molecule has 2 aliphatic rings. The number of nitrogens with zero attached hydrogens (tertiary/aromatic N) is 3. The highest BCUT2D eigenvalue weighted by Crippen LogP contribution is 2.35. The molecule has 1 amide bonds. The van der Waals surface area contributed by atoms with Crippen LogP contribution in [0.25, 0.3) is 0 Å². The Hall–Kier alpha value is -3.68. The van der Waals surface area contributed by atoms with Crippen molar-refractivity contribution in [2.75, 3.05) is 26.7 Å². The van der Waals surface area contributed by atoms with Crippen LogP contribution in [0.3, 0.4) is 0 Å². The summed E-state index contributed by atoms with van der Waals surface area (Å²) in [5, 5.41) is 10.4. The fourth-order valence-corrected chi connectivity index (χ4v) is 6.29. The standard InChI is InChI=1S/C33H39N3O4/c1-23-21-36(24(2)20-34(23)22-25-10-5-4-6-11-25)31(27-13-8-15-29(37)19-27)26-12-7-14-28(18-26)32(38)35-17-9-16-30(35)33(39)40-3/h4-8,10-15,18-19,23-24,30-31,37H,9,16-17,20-22H2,1-3H3/t23-,24+,30+,31?/m1/s1. The maximum absolute atomic E-state index is 13.6. The molecule has 0 radical (unpaired) electrons. The van der Waals surface area contributed by atoms with Crippen LogP contribution >= 0.6 is 0 Å². The molecule has 2 aliphatic heterocycles. The molecule has 1 unspecified atom stereocenters. The number of aromatic hydroxyl groups is 1. The maximum Gasteiger partial charge on any atom is 0.328 e. The molecule has 210 valence electrons. The molecule has 2 heterocycles. The monoisotopic (exact) mass is 541 g/mol. The summed E-state index contributed by atoms with van der Waals surface area (Å²) in [7, 11) is 1.37. The number of hydrogen-bond donors (Lipinski definition) is 1. The first-order valence-electron chi connectivity index (χ1n) is 14.2. The van der Waals surface area contributed by atoms with E-state index in [0.29, 0.717) is 24.6 Å². The molecule has 0 aliphatic carbocycles. The van der Waals surface area contributed by atoms with Crippen LogP contribution in [0.4, 0.5) is 0 Å². The van der Waals surface area contributed by atoms with E-state index in [1.54, 1.807) is 11.0 Å². The lowest BCUT2D eigenvalue weighted by atomic mass is 9.92. The first-order valence-corrected chi connectivity index (χ1v) is 14.2. The number of phenols is 1. The molecule has 1 N–H and O–H groups in total. The number of hydrogen-bond acceptors (Lipinski definition) is 6. The van der Waals surface area contributed by atoms with Gasteiger partial charge in [-0.15, -0.1) is 0 Å². The molecule has 7 heteroatoms. The maximum atomic E-state index is 13.6. The summed E-state index contributed by atoms with van der Waals surface area (Å²) < 4.78 is 4.96. The third-order valence-corrected chi connectivity index (χ3v) is 8.35. The van der Waals surface area contributed by atoms with Gasteiger partial charge in [-0.3, -0.25) is 14.6 Å². The fraction of sp³-hybridized carbons (Fsp3) is 0.394. The van der Waals surface area contributed by atoms with Crippen molar-refractivity contribution in [2.45, 2.75) is 57.4 Å². The van der Waals surface area contributed by atoms with Gasteiger partial charge in [0.05, 0.1) is 13.2 Å². The molecule has 2 fully saturated rings. The van der Waals surface area contributed by atoms with E-state index in [4.69, 9.17) is 4.74 Å². The second-order valence-electron chi connectivity index (χ2n) is 11.1. The van der Waals surface area contributed by atoms with Crippen molar-refractivity contribution < 1.29 is 19.4 Å². The van der Waals surface area contributed by atoms with Crippen molar-refractivity contribution in [2.24, 2.45) is 0 Å². The van der Waals surface area contributed by atoms with E-state index in [0.717, 1.165) is 37.2 Å². The van der Waals surface area contributed by atoms with Crippen molar-refractivity contribution >= 4 is 11.9 Å². The minimum absolute atomic E-state index is 0.147. The van der Waals surface area contributed by atoms with Gasteiger partial charge in [0, 0.05) is 43.8 Å². The van der Waals surface area contributed by atoms with Gasteiger partial charge < -0.3 is 14.7 Å². The van der Waals surface area contributed by atoms with Gasteiger partial charge in [0.2, 0.25) is 0 Å².